The van der Waals surface area contributed by atoms with Crippen LogP contribution in [0.2, 0.25) is 0 Å². The van der Waals surface area contributed by atoms with Crippen LogP contribution in [-0.2, 0) is 4.79 Å². The van der Waals surface area contributed by atoms with E-state index in [1.54, 1.807) is 6.92 Å². The molecular formula is C11H22O5. The van der Waals surface area contributed by atoms with Crippen LogP contribution in [-0.4, -0.2) is 44.2 Å². The molecule has 5 nitrogen and oxygen atoms in total. The first-order valence-electron chi connectivity index (χ1n) is 5.47. The molecule has 5 heteroatoms. The Bertz CT molecular complexity index is 239. The lowest BCUT2D eigenvalue weighted by molar-refractivity contribution is -0.177. The van der Waals surface area contributed by atoms with Crippen molar-refractivity contribution in [2.24, 2.45) is 11.8 Å². The molecule has 0 heterocycles. The van der Waals surface area contributed by atoms with Crippen LogP contribution in [0.5, 0.6) is 0 Å². The second-order valence-corrected chi connectivity index (χ2v) is 4.63. The number of aliphatic hydroxyl groups is 3. The molecule has 0 aliphatic carbocycles. The van der Waals surface area contributed by atoms with E-state index in [4.69, 9.17) is 5.11 Å². The van der Waals surface area contributed by atoms with E-state index in [0.29, 0.717) is 6.42 Å². The van der Waals surface area contributed by atoms with Crippen LogP contribution >= 0.6 is 0 Å². The summed E-state index contributed by atoms with van der Waals surface area (Å²) < 4.78 is 0. The number of rotatable bonds is 6. The van der Waals surface area contributed by atoms with Gasteiger partial charge in [0.05, 0.1) is 18.1 Å². The molecule has 0 saturated heterocycles. The van der Waals surface area contributed by atoms with Gasteiger partial charge >= 0.3 is 5.97 Å². The van der Waals surface area contributed by atoms with Crippen LogP contribution in [0, 0.1) is 11.8 Å². The molecule has 4 N–H and O–H groups in total. The highest BCUT2D eigenvalue weighted by atomic mass is 16.4. The van der Waals surface area contributed by atoms with Gasteiger partial charge in [-0.1, -0.05) is 20.3 Å². The standard InChI is InChI=1S/C11H22O5/c1-5-6(2)8(12)11(4,16)9(13)7(3)10(14)15/h6-9,12-13,16H,5H2,1-4H3,(H,14,15)/t6-,7+,8-,9+,11+/m0/s1. The molecule has 0 radical (unpaired) electrons. The van der Waals surface area contributed by atoms with Crippen molar-refractivity contribution in [3.05, 3.63) is 0 Å². The monoisotopic (exact) mass is 234 g/mol. The molecule has 0 aliphatic rings. The van der Waals surface area contributed by atoms with Gasteiger partial charge in [0.1, 0.15) is 5.60 Å². The van der Waals surface area contributed by atoms with Crippen LogP contribution in [0.25, 0.3) is 0 Å². The lowest BCUT2D eigenvalue weighted by atomic mass is 9.79. The van der Waals surface area contributed by atoms with Crippen LogP contribution in [0.4, 0.5) is 0 Å². The van der Waals surface area contributed by atoms with Crippen LogP contribution < -0.4 is 0 Å². The number of aliphatic carboxylic acids is 1. The second kappa shape index (κ2) is 5.61. The van der Waals surface area contributed by atoms with Crippen molar-refractivity contribution < 1.29 is 25.2 Å². The average Bonchev–Trinajstić information content (AvgIpc) is 2.24. The Labute approximate surface area is 95.7 Å². The Hall–Kier alpha value is -0.650. The normalized spacial score (nSPS) is 22.9. The predicted octanol–water partition coefficient (Wildman–Crippen LogP) is 0.226. The fraction of sp³-hybridized carbons (Fsp3) is 0.909. The largest absolute Gasteiger partial charge is 0.481 e. The van der Waals surface area contributed by atoms with Gasteiger partial charge in [0.2, 0.25) is 0 Å². The highest BCUT2D eigenvalue weighted by molar-refractivity contribution is 5.70. The Morgan fingerprint density at radius 3 is 2.00 bits per heavy atom. The molecule has 5 atom stereocenters. The number of carboxylic acid groups (broad SMARTS) is 1. The first-order chi connectivity index (χ1) is 7.16. The fourth-order valence-electron chi connectivity index (χ4n) is 1.62. The highest BCUT2D eigenvalue weighted by Crippen LogP contribution is 2.27. The molecule has 16 heavy (non-hydrogen) atoms. The van der Waals surface area contributed by atoms with Gasteiger partial charge in [-0.25, -0.2) is 0 Å². The van der Waals surface area contributed by atoms with Gasteiger partial charge in [-0.05, 0) is 19.8 Å². The van der Waals surface area contributed by atoms with Crippen molar-refractivity contribution in [2.75, 3.05) is 0 Å². The van der Waals surface area contributed by atoms with E-state index in [-0.39, 0.29) is 5.92 Å². The number of carbonyl (C=O) groups is 1. The third-order valence-corrected chi connectivity index (χ3v) is 3.24. The maximum atomic E-state index is 10.7. The molecule has 0 bridgehead atoms. The van der Waals surface area contributed by atoms with E-state index in [9.17, 15) is 20.1 Å². The Kier molecular flexibility index (Phi) is 5.38. The smallest absolute Gasteiger partial charge is 0.308 e. The molecule has 0 aromatic carbocycles. The summed E-state index contributed by atoms with van der Waals surface area (Å²) in [5.41, 5.74) is -1.83. The van der Waals surface area contributed by atoms with Crippen molar-refractivity contribution >= 4 is 5.97 Å². The van der Waals surface area contributed by atoms with Gasteiger partial charge in [0.25, 0.3) is 0 Å². The predicted molar refractivity (Wildman–Crippen MR) is 58.9 cm³/mol. The topological polar surface area (TPSA) is 98.0 Å². The minimum Gasteiger partial charge on any atom is -0.481 e. The van der Waals surface area contributed by atoms with Crippen LogP contribution in [0.1, 0.15) is 34.1 Å². The summed E-state index contributed by atoms with van der Waals surface area (Å²) in [7, 11) is 0. The maximum Gasteiger partial charge on any atom is 0.308 e. The summed E-state index contributed by atoms with van der Waals surface area (Å²) in [6, 6.07) is 0. The zero-order valence-electron chi connectivity index (χ0n) is 10.2. The molecule has 0 aromatic heterocycles. The molecular weight excluding hydrogens is 212 g/mol. The van der Waals surface area contributed by atoms with E-state index in [0.717, 1.165) is 0 Å². The summed E-state index contributed by atoms with van der Waals surface area (Å²) in [4.78, 5) is 10.7. The maximum absolute atomic E-state index is 10.7. The van der Waals surface area contributed by atoms with E-state index >= 15 is 0 Å². The lowest BCUT2D eigenvalue weighted by Crippen LogP contribution is -2.55. The molecule has 96 valence electrons. The third-order valence-electron chi connectivity index (χ3n) is 3.24. The molecule has 0 aromatic rings. The number of hydrogen-bond donors (Lipinski definition) is 4. The zero-order chi connectivity index (χ0) is 13.1. The Balaban J connectivity index is 4.82. The van der Waals surface area contributed by atoms with Gasteiger partial charge in [-0.3, -0.25) is 4.79 Å². The van der Waals surface area contributed by atoms with Crippen molar-refractivity contribution in [2.45, 2.75) is 51.9 Å². The summed E-state index contributed by atoms with van der Waals surface area (Å²) in [5.74, 6) is -2.55. The third kappa shape index (κ3) is 3.17. The molecule has 0 fully saturated rings. The summed E-state index contributed by atoms with van der Waals surface area (Å²) in [5, 5.41) is 38.3. The Morgan fingerprint density at radius 2 is 1.69 bits per heavy atom. The zero-order valence-corrected chi connectivity index (χ0v) is 10.2. The van der Waals surface area contributed by atoms with Gasteiger partial charge in [0.15, 0.2) is 0 Å². The van der Waals surface area contributed by atoms with Crippen molar-refractivity contribution in [1.82, 2.24) is 0 Å². The van der Waals surface area contributed by atoms with Crippen molar-refractivity contribution in [3.8, 4) is 0 Å². The highest BCUT2D eigenvalue weighted by Gasteiger charge is 2.44. The minimum atomic E-state index is -1.83. The molecule has 0 unspecified atom stereocenters. The van der Waals surface area contributed by atoms with Crippen LogP contribution in [0.3, 0.4) is 0 Å². The van der Waals surface area contributed by atoms with Crippen LogP contribution in [0.15, 0.2) is 0 Å². The number of carboxylic acids is 1. The van der Waals surface area contributed by atoms with Crippen molar-refractivity contribution in [1.29, 1.82) is 0 Å². The SMILES string of the molecule is CC[C@H](C)[C@H](O)[C@@](C)(O)[C@H](O)[C@@H](C)C(=O)O. The lowest BCUT2D eigenvalue weighted by Gasteiger charge is -2.38. The molecule has 0 aliphatic heterocycles. The molecule has 0 spiro atoms. The average molecular weight is 234 g/mol. The fourth-order valence-corrected chi connectivity index (χ4v) is 1.62. The minimum absolute atomic E-state index is 0.217. The molecule has 0 rings (SSSR count). The second-order valence-electron chi connectivity index (χ2n) is 4.63. The Morgan fingerprint density at radius 1 is 1.25 bits per heavy atom. The molecule has 0 amide bonds. The summed E-state index contributed by atoms with van der Waals surface area (Å²) in [6.45, 7) is 6.13. The molecule has 0 saturated carbocycles. The number of aliphatic hydroxyl groups excluding tert-OH is 2. The first kappa shape index (κ1) is 15.3. The quantitative estimate of drug-likeness (QED) is 0.527. The summed E-state index contributed by atoms with van der Waals surface area (Å²) >= 11 is 0. The van der Waals surface area contributed by atoms with Gasteiger partial charge < -0.3 is 20.4 Å². The van der Waals surface area contributed by atoms with E-state index in [2.05, 4.69) is 0 Å². The first-order valence-corrected chi connectivity index (χ1v) is 5.47. The van der Waals surface area contributed by atoms with Gasteiger partial charge in [-0.15, -0.1) is 0 Å². The van der Waals surface area contributed by atoms with E-state index in [1.165, 1.54) is 13.8 Å². The van der Waals surface area contributed by atoms with E-state index in [1.807, 2.05) is 6.92 Å². The van der Waals surface area contributed by atoms with Crippen molar-refractivity contribution in [3.63, 3.8) is 0 Å². The van der Waals surface area contributed by atoms with Gasteiger partial charge in [0, 0.05) is 0 Å². The van der Waals surface area contributed by atoms with Gasteiger partial charge in [-0.2, -0.15) is 0 Å². The van der Waals surface area contributed by atoms with E-state index < -0.39 is 29.7 Å². The summed E-state index contributed by atoms with van der Waals surface area (Å²) in [6.07, 6.45) is -2.03. The number of hydrogen-bond acceptors (Lipinski definition) is 4.